The third-order valence-corrected chi connectivity index (χ3v) is 4.50. The van der Waals surface area contributed by atoms with Gasteiger partial charge in [0.2, 0.25) is 0 Å². The Morgan fingerprint density at radius 1 is 0.821 bits per heavy atom. The molecule has 0 atom stereocenters. The van der Waals surface area contributed by atoms with Crippen molar-refractivity contribution in [3.05, 3.63) is 88.7 Å². The molecule has 6 heteroatoms. The van der Waals surface area contributed by atoms with Crippen LogP contribution in [0.1, 0.15) is 46.3 Å². The van der Waals surface area contributed by atoms with Gasteiger partial charge in [0, 0.05) is 5.69 Å². The van der Waals surface area contributed by atoms with Crippen LogP contribution in [0.25, 0.3) is 0 Å². The predicted octanol–water partition coefficient (Wildman–Crippen LogP) is 5.36. The van der Waals surface area contributed by atoms with Crippen LogP contribution >= 0.6 is 11.6 Å². The standard InChI is InChI=1S/C22H20ClN3O2/c1-14(2)15-10-12-16(13-11-15)24-21(27)19-8-5-9-20(25-19)22(28)26-18-7-4-3-6-17(18)23/h3-14H,1-2H3,(H,24,27)(H,26,28). The molecule has 0 aliphatic carbocycles. The summed E-state index contributed by atoms with van der Waals surface area (Å²) in [6, 6.07) is 19.3. The van der Waals surface area contributed by atoms with Crippen molar-refractivity contribution in [3.8, 4) is 0 Å². The molecule has 0 radical (unpaired) electrons. The van der Waals surface area contributed by atoms with Gasteiger partial charge in [0.15, 0.2) is 0 Å². The van der Waals surface area contributed by atoms with E-state index in [1.165, 1.54) is 5.56 Å². The van der Waals surface area contributed by atoms with Crippen molar-refractivity contribution in [2.75, 3.05) is 10.6 Å². The number of nitrogens with zero attached hydrogens (tertiary/aromatic N) is 1. The number of amides is 2. The molecule has 0 saturated carbocycles. The van der Waals surface area contributed by atoms with Crippen LogP contribution in [0, 0.1) is 0 Å². The van der Waals surface area contributed by atoms with E-state index < -0.39 is 5.91 Å². The number of pyridine rings is 1. The lowest BCUT2D eigenvalue weighted by atomic mass is 10.0. The molecule has 0 spiro atoms. The Labute approximate surface area is 168 Å². The molecular formula is C22H20ClN3O2. The summed E-state index contributed by atoms with van der Waals surface area (Å²) in [5.41, 5.74) is 2.62. The summed E-state index contributed by atoms with van der Waals surface area (Å²) in [6.45, 7) is 4.22. The van der Waals surface area contributed by atoms with Crippen molar-refractivity contribution >= 4 is 34.8 Å². The van der Waals surface area contributed by atoms with Gasteiger partial charge in [-0.05, 0) is 47.9 Å². The second-order valence-corrected chi connectivity index (χ2v) is 6.98. The summed E-state index contributed by atoms with van der Waals surface area (Å²) in [5.74, 6) is -0.409. The summed E-state index contributed by atoms with van der Waals surface area (Å²) in [5, 5.41) is 5.91. The van der Waals surface area contributed by atoms with E-state index in [1.807, 2.05) is 24.3 Å². The Morgan fingerprint density at radius 2 is 1.43 bits per heavy atom. The van der Waals surface area contributed by atoms with Crippen molar-refractivity contribution in [3.63, 3.8) is 0 Å². The second kappa shape index (κ2) is 8.67. The molecule has 2 amide bonds. The fraction of sp³-hybridized carbons (Fsp3) is 0.136. The molecule has 1 aromatic heterocycles. The molecule has 5 nitrogen and oxygen atoms in total. The quantitative estimate of drug-likeness (QED) is 0.612. The molecule has 3 aromatic rings. The number of nitrogens with one attached hydrogen (secondary N) is 2. The molecular weight excluding hydrogens is 374 g/mol. The lowest BCUT2D eigenvalue weighted by Gasteiger charge is -2.09. The lowest BCUT2D eigenvalue weighted by Crippen LogP contribution is -2.18. The molecule has 0 fully saturated rings. The maximum Gasteiger partial charge on any atom is 0.274 e. The topological polar surface area (TPSA) is 71.1 Å². The van der Waals surface area contributed by atoms with Crippen molar-refractivity contribution < 1.29 is 9.59 Å². The molecule has 0 aliphatic heterocycles. The number of hydrogen-bond acceptors (Lipinski definition) is 3. The van der Waals surface area contributed by atoms with E-state index in [9.17, 15) is 9.59 Å². The van der Waals surface area contributed by atoms with Gasteiger partial charge in [-0.3, -0.25) is 9.59 Å². The number of rotatable bonds is 5. The minimum absolute atomic E-state index is 0.128. The van der Waals surface area contributed by atoms with E-state index in [2.05, 4.69) is 29.5 Å². The van der Waals surface area contributed by atoms with Crippen LogP contribution in [0.5, 0.6) is 0 Å². The normalized spacial score (nSPS) is 10.6. The number of halogens is 1. The van der Waals surface area contributed by atoms with Crippen LogP contribution in [0.2, 0.25) is 5.02 Å². The molecule has 2 aromatic carbocycles. The summed E-state index contributed by atoms with van der Waals surface area (Å²) in [7, 11) is 0. The molecule has 1 heterocycles. The minimum atomic E-state index is -0.441. The van der Waals surface area contributed by atoms with E-state index >= 15 is 0 Å². The van der Waals surface area contributed by atoms with Gasteiger partial charge >= 0.3 is 0 Å². The van der Waals surface area contributed by atoms with E-state index in [1.54, 1.807) is 42.5 Å². The molecule has 3 rings (SSSR count). The summed E-state index contributed by atoms with van der Waals surface area (Å²) in [4.78, 5) is 29.1. The van der Waals surface area contributed by atoms with Crippen molar-refractivity contribution in [2.45, 2.75) is 19.8 Å². The Bertz CT molecular complexity index is 1000. The number of aromatic nitrogens is 1. The number of para-hydroxylation sites is 1. The third kappa shape index (κ3) is 4.75. The number of benzene rings is 2. The van der Waals surface area contributed by atoms with Gasteiger partial charge in [-0.15, -0.1) is 0 Å². The fourth-order valence-corrected chi connectivity index (χ4v) is 2.77. The van der Waals surface area contributed by atoms with E-state index in [4.69, 9.17) is 11.6 Å². The first-order valence-corrected chi connectivity index (χ1v) is 9.26. The largest absolute Gasteiger partial charge is 0.321 e. The number of hydrogen-bond donors (Lipinski definition) is 2. The molecule has 2 N–H and O–H groups in total. The van der Waals surface area contributed by atoms with Crippen LogP contribution in [0.15, 0.2) is 66.7 Å². The highest BCUT2D eigenvalue weighted by Crippen LogP contribution is 2.21. The molecule has 28 heavy (non-hydrogen) atoms. The second-order valence-electron chi connectivity index (χ2n) is 6.57. The Hall–Kier alpha value is -3.18. The Kier molecular flexibility index (Phi) is 6.06. The van der Waals surface area contributed by atoms with Gasteiger partial charge in [-0.25, -0.2) is 4.98 Å². The van der Waals surface area contributed by atoms with Gasteiger partial charge < -0.3 is 10.6 Å². The Morgan fingerprint density at radius 3 is 2.04 bits per heavy atom. The average molecular weight is 394 g/mol. The monoisotopic (exact) mass is 393 g/mol. The van der Waals surface area contributed by atoms with E-state index in [-0.39, 0.29) is 17.3 Å². The highest BCUT2D eigenvalue weighted by molar-refractivity contribution is 6.33. The minimum Gasteiger partial charge on any atom is -0.321 e. The average Bonchev–Trinajstić information content (AvgIpc) is 2.70. The zero-order chi connectivity index (χ0) is 20.1. The van der Waals surface area contributed by atoms with Gasteiger partial charge in [0.1, 0.15) is 11.4 Å². The maximum absolute atomic E-state index is 12.5. The number of anilines is 2. The molecule has 0 aliphatic rings. The van der Waals surface area contributed by atoms with Crippen LogP contribution in [-0.2, 0) is 0 Å². The Balaban J connectivity index is 1.72. The van der Waals surface area contributed by atoms with Crippen LogP contribution in [0.4, 0.5) is 11.4 Å². The van der Waals surface area contributed by atoms with E-state index in [0.29, 0.717) is 22.3 Å². The summed E-state index contributed by atoms with van der Waals surface area (Å²) < 4.78 is 0. The molecule has 142 valence electrons. The lowest BCUT2D eigenvalue weighted by molar-refractivity contribution is 0.101. The first-order valence-electron chi connectivity index (χ1n) is 8.88. The first kappa shape index (κ1) is 19.6. The summed E-state index contributed by atoms with van der Waals surface area (Å²) in [6.07, 6.45) is 0. The van der Waals surface area contributed by atoms with Crippen molar-refractivity contribution in [2.24, 2.45) is 0 Å². The van der Waals surface area contributed by atoms with Gasteiger partial charge in [0.25, 0.3) is 11.8 Å². The first-order chi connectivity index (χ1) is 13.4. The number of carbonyl (C=O) groups is 2. The van der Waals surface area contributed by atoms with Gasteiger partial charge in [0.05, 0.1) is 10.7 Å². The SMILES string of the molecule is CC(C)c1ccc(NC(=O)c2cccc(C(=O)Nc3ccccc3Cl)n2)cc1. The van der Waals surface area contributed by atoms with Crippen LogP contribution in [0.3, 0.4) is 0 Å². The zero-order valence-corrected chi connectivity index (χ0v) is 16.3. The maximum atomic E-state index is 12.5. The van der Waals surface area contributed by atoms with Gasteiger partial charge in [-0.2, -0.15) is 0 Å². The third-order valence-electron chi connectivity index (χ3n) is 4.17. The van der Waals surface area contributed by atoms with Crippen LogP contribution in [-0.4, -0.2) is 16.8 Å². The summed E-state index contributed by atoms with van der Waals surface area (Å²) >= 11 is 6.06. The molecule has 0 unspecified atom stereocenters. The van der Waals surface area contributed by atoms with Crippen molar-refractivity contribution in [1.82, 2.24) is 4.98 Å². The van der Waals surface area contributed by atoms with Crippen LogP contribution < -0.4 is 10.6 Å². The molecule has 0 bridgehead atoms. The van der Waals surface area contributed by atoms with Crippen molar-refractivity contribution in [1.29, 1.82) is 0 Å². The molecule has 0 saturated heterocycles. The predicted molar refractivity (Wildman–Crippen MR) is 112 cm³/mol. The smallest absolute Gasteiger partial charge is 0.274 e. The highest BCUT2D eigenvalue weighted by atomic mass is 35.5. The number of carbonyl (C=O) groups excluding carboxylic acids is 2. The highest BCUT2D eigenvalue weighted by Gasteiger charge is 2.14. The van der Waals surface area contributed by atoms with E-state index in [0.717, 1.165) is 0 Å². The fourth-order valence-electron chi connectivity index (χ4n) is 2.58. The van der Waals surface area contributed by atoms with Gasteiger partial charge in [-0.1, -0.05) is 55.8 Å². The zero-order valence-electron chi connectivity index (χ0n) is 15.6.